The number of carbonyl (C=O) groups is 1. The standard InChI is InChI=1S/C14H21N3O2/c1-15-12-5-3-4-11(17-12)13(18)16-10-14(6-7-14)8-9-19-2/h3-5H,6-10H2,1-2H3,(H,15,17)(H,16,18). The zero-order chi connectivity index (χ0) is 13.7. The highest BCUT2D eigenvalue weighted by Gasteiger charge is 2.42. The molecule has 0 saturated heterocycles. The molecule has 2 rings (SSSR count). The van der Waals surface area contributed by atoms with Crippen LogP contribution >= 0.6 is 0 Å². The summed E-state index contributed by atoms with van der Waals surface area (Å²) >= 11 is 0. The molecule has 1 saturated carbocycles. The molecule has 0 radical (unpaired) electrons. The van der Waals surface area contributed by atoms with Crippen molar-refractivity contribution in [3.8, 4) is 0 Å². The predicted octanol–water partition coefficient (Wildman–Crippen LogP) is 1.67. The van der Waals surface area contributed by atoms with Crippen molar-refractivity contribution in [1.82, 2.24) is 10.3 Å². The maximum atomic E-state index is 12.0. The van der Waals surface area contributed by atoms with Crippen LogP contribution in [0.5, 0.6) is 0 Å². The number of anilines is 1. The zero-order valence-electron chi connectivity index (χ0n) is 11.5. The van der Waals surface area contributed by atoms with Crippen LogP contribution in [0.1, 0.15) is 29.8 Å². The number of amides is 1. The highest BCUT2D eigenvalue weighted by atomic mass is 16.5. The number of rotatable bonds is 7. The first-order valence-corrected chi connectivity index (χ1v) is 6.61. The molecule has 1 aromatic heterocycles. The average Bonchev–Trinajstić information content (AvgIpc) is 3.23. The molecule has 0 atom stereocenters. The molecule has 19 heavy (non-hydrogen) atoms. The minimum absolute atomic E-state index is 0.110. The van der Waals surface area contributed by atoms with E-state index in [-0.39, 0.29) is 11.3 Å². The minimum Gasteiger partial charge on any atom is -0.385 e. The third-order valence-corrected chi connectivity index (χ3v) is 3.66. The molecule has 1 aliphatic rings. The molecule has 0 aliphatic heterocycles. The summed E-state index contributed by atoms with van der Waals surface area (Å²) in [4.78, 5) is 16.3. The third kappa shape index (κ3) is 3.67. The summed E-state index contributed by atoms with van der Waals surface area (Å²) in [6.45, 7) is 1.46. The first-order valence-electron chi connectivity index (χ1n) is 6.61. The highest BCUT2D eigenvalue weighted by Crippen LogP contribution is 2.48. The maximum Gasteiger partial charge on any atom is 0.269 e. The van der Waals surface area contributed by atoms with Gasteiger partial charge < -0.3 is 15.4 Å². The number of pyridine rings is 1. The van der Waals surface area contributed by atoms with E-state index < -0.39 is 0 Å². The Labute approximate surface area is 113 Å². The van der Waals surface area contributed by atoms with Gasteiger partial charge in [0.1, 0.15) is 11.5 Å². The summed E-state index contributed by atoms with van der Waals surface area (Å²) in [6.07, 6.45) is 3.34. The van der Waals surface area contributed by atoms with Crippen molar-refractivity contribution in [1.29, 1.82) is 0 Å². The molecule has 1 amide bonds. The van der Waals surface area contributed by atoms with E-state index in [1.54, 1.807) is 20.2 Å². The number of hydrogen-bond acceptors (Lipinski definition) is 4. The summed E-state index contributed by atoms with van der Waals surface area (Å²) in [7, 11) is 3.50. The number of nitrogens with zero attached hydrogens (tertiary/aromatic N) is 1. The van der Waals surface area contributed by atoms with Gasteiger partial charge in [0, 0.05) is 27.3 Å². The molecule has 1 fully saturated rings. The fourth-order valence-electron chi connectivity index (χ4n) is 2.07. The van der Waals surface area contributed by atoms with Crippen LogP contribution in [0.3, 0.4) is 0 Å². The van der Waals surface area contributed by atoms with Gasteiger partial charge in [0.15, 0.2) is 0 Å². The lowest BCUT2D eigenvalue weighted by atomic mass is 10.0. The fraction of sp³-hybridized carbons (Fsp3) is 0.571. The molecule has 0 spiro atoms. The van der Waals surface area contributed by atoms with Crippen LogP contribution < -0.4 is 10.6 Å². The van der Waals surface area contributed by atoms with Crippen molar-refractivity contribution in [2.75, 3.05) is 32.6 Å². The van der Waals surface area contributed by atoms with E-state index in [9.17, 15) is 4.79 Å². The quantitative estimate of drug-likeness (QED) is 0.785. The van der Waals surface area contributed by atoms with Gasteiger partial charge >= 0.3 is 0 Å². The SMILES string of the molecule is CNc1cccc(C(=O)NCC2(CCOC)CC2)n1. The van der Waals surface area contributed by atoms with Crippen LogP contribution in [0.15, 0.2) is 18.2 Å². The molecular formula is C14H21N3O2. The Morgan fingerprint density at radius 1 is 1.47 bits per heavy atom. The van der Waals surface area contributed by atoms with Gasteiger partial charge in [-0.2, -0.15) is 0 Å². The highest BCUT2D eigenvalue weighted by molar-refractivity contribution is 5.92. The minimum atomic E-state index is -0.110. The van der Waals surface area contributed by atoms with E-state index >= 15 is 0 Å². The lowest BCUT2D eigenvalue weighted by Crippen LogP contribution is -2.31. The molecule has 0 aromatic carbocycles. The molecular weight excluding hydrogens is 242 g/mol. The van der Waals surface area contributed by atoms with Gasteiger partial charge in [0.2, 0.25) is 0 Å². The predicted molar refractivity (Wildman–Crippen MR) is 74.3 cm³/mol. The van der Waals surface area contributed by atoms with E-state index in [4.69, 9.17) is 4.74 Å². The van der Waals surface area contributed by atoms with Crippen LogP contribution in [0.4, 0.5) is 5.82 Å². The smallest absolute Gasteiger partial charge is 0.269 e. The molecule has 5 nitrogen and oxygen atoms in total. The Morgan fingerprint density at radius 3 is 2.89 bits per heavy atom. The van der Waals surface area contributed by atoms with Gasteiger partial charge in [0.05, 0.1) is 0 Å². The van der Waals surface area contributed by atoms with E-state index in [0.29, 0.717) is 18.1 Å². The fourth-order valence-corrected chi connectivity index (χ4v) is 2.07. The van der Waals surface area contributed by atoms with Crippen molar-refractivity contribution in [3.63, 3.8) is 0 Å². The van der Waals surface area contributed by atoms with Crippen molar-refractivity contribution >= 4 is 11.7 Å². The van der Waals surface area contributed by atoms with E-state index in [2.05, 4.69) is 15.6 Å². The van der Waals surface area contributed by atoms with Gasteiger partial charge in [-0.15, -0.1) is 0 Å². The summed E-state index contributed by atoms with van der Waals surface area (Å²) < 4.78 is 5.11. The second-order valence-electron chi connectivity index (χ2n) is 5.08. The molecule has 0 unspecified atom stereocenters. The average molecular weight is 263 g/mol. The van der Waals surface area contributed by atoms with E-state index in [1.807, 2.05) is 12.1 Å². The van der Waals surface area contributed by atoms with Crippen LogP contribution in [-0.4, -0.2) is 38.2 Å². The second kappa shape index (κ2) is 6.02. The van der Waals surface area contributed by atoms with E-state index in [1.165, 1.54) is 12.8 Å². The van der Waals surface area contributed by atoms with Crippen LogP contribution in [0, 0.1) is 5.41 Å². The van der Waals surface area contributed by atoms with Gasteiger partial charge in [0.25, 0.3) is 5.91 Å². The molecule has 1 heterocycles. The second-order valence-corrected chi connectivity index (χ2v) is 5.08. The van der Waals surface area contributed by atoms with Gasteiger partial charge in [-0.25, -0.2) is 4.98 Å². The Hall–Kier alpha value is -1.62. The lowest BCUT2D eigenvalue weighted by Gasteiger charge is -2.15. The first kappa shape index (κ1) is 13.8. The Kier molecular flexibility index (Phi) is 4.37. The monoisotopic (exact) mass is 263 g/mol. The van der Waals surface area contributed by atoms with Crippen molar-refractivity contribution in [2.45, 2.75) is 19.3 Å². The summed E-state index contributed by atoms with van der Waals surface area (Å²) in [5, 5.41) is 5.90. The van der Waals surface area contributed by atoms with Crippen molar-refractivity contribution in [2.24, 2.45) is 5.41 Å². The molecule has 2 N–H and O–H groups in total. The largest absolute Gasteiger partial charge is 0.385 e. The van der Waals surface area contributed by atoms with Gasteiger partial charge in [-0.05, 0) is 36.8 Å². The Bertz CT molecular complexity index is 444. The summed E-state index contributed by atoms with van der Waals surface area (Å²) in [6, 6.07) is 5.38. The maximum absolute atomic E-state index is 12.0. The van der Waals surface area contributed by atoms with Crippen molar-refractivity contribution < 1.29 is 9.53 Å². The Balaban J connectivity index is 1.87. The summed E-state index contributed by atoms with van der Waals surface area (Å²) in [5.74, 6) is 0.592. The Morgan fingerprint density at radius 2 is 2.26 bits per heavy atom. The normalized spacial score (nSPS) is 15.9. The van der Waals surface area contributed by atoms with Gasteiger partial charge in [-0.3, -0.25) is 4.79 Å². The van der Waals surface area contributed by atoms with Crippen LogP contribution in [-0.2, 0) is 4.74 Å². The van der Waals surface area contributed by atoms with Crippen LogP contribution in [0.2, 0.25) is 0 Å². The number of nitrogens with one attached hydrogen (secondary N) is 2. The lowest BCUT2D eigenvalue weighted by molar-refractivity contribution is 0.0933. The molecule has 0 bridgehead atoms. The van der Waals surface area contributed by atoms with Gasteiger partial charge in [-0.1, -0.05) is 6.07 Å². The molecule has 104 valence electrons. The van der Waals surface area contributed by atoms with Crippen molar-refractivity contribution in [3.05, 3.63) is 23.9 Å². The number of carbonyl (C=O) groups excluding carboxylic acids is 1. The molecule has 5 heteroatoms. The van der Waals surface area contributed by atoms with Crippen LogP contribution in [0.25, 0.3) is 0 Å². The number of aromatic nitrogens is 1. The number of hydrogen-bond donors (Lipinski definition) is 2. The molecule has 1 aromatic rings. The topological polar surface area (TPSA) is 63.2 Å². The number of methoxy groups -OCH3 is 1. The third-order valence-electron chi connectivity index (χ3n) is 3.66. The number of ether oxygens (including phenoxy) is 1. The zero-order valence-corrected chi connectivity index (χ0v) is 11.5. The summed E-state index contributed by atoms with van der Waals surface area (Å²) in [5.41, 5.74) is 0.709. The van der Waals surface area contributed by atoms with E-state index in [0.717, 1.165) is 13.0 Å². The first-order chi connectivity index (χ1) is 9.19. The molecule has 1 aliphatic carbocycles.